The van der Waals surface area contributed by atoms with Crippen molar-refractivity contribution < 1.29 is 18.0 Å². The quantitative estimate of drug-likeness (QED) is 0.226. The van der Waals surface area contributed by atoms with Crippen LogP contribution in [0, 0.1) is 13.8 Å². The first kappa shape index (κ1) is 28.6. The first-order valence-corrected chi connectivity index (χ1v) is 13.4. The van der Waals surface area contributed by atoms with E-state index >= 15 is 0 Å². The van der Waals surface area contributed by atoms with E-state index < -0.39 is 23.8 Å². The molecule has 0 spiro atoms. The van der Waals surface area contributed by atoms with Gasteiger partial charge in [0.2, 0.25) is 0 Å². The topological polar surface area (TPSA) is 67.2 Å². The first-order valence-electron chi connectivity index (χ1n) is 13.4. The maximum Gasteiger partial charge on any atom is 0.418 e. The van der Waals surface area contributed by atoms with Gasteiger partial charge in [0.25, 0.3) is 5.56 Å². The molecule has 0 bridgehead atoms. The lowest BCUT2D eigenvalue weighted by Gasteiger charge is -2.31. The number of benzene rings is 4. The molecular formula is C33H29F3N4O2. The Morgan fingerprint density at radius 2 is 1.57 bits per heavy atom. The second-order valence-electron chi connectivity index (χ2n) is 10.2. The Kier molecular flexibility index (Phi) is 7.85. The molecule has 1 N–H and O–H groups in total. The molecule has 5 aromatic rings. The van der Waals surface area contributed by atoms with Crippen molar-refractivity contribution in [3.05, 3.63) is 135 Å². The summed E-state index contributed by atoms with van der Waals surface area (Å²) in [6, 6.07) is 24.9. The predicted octanol–water partition coefficient (Wildman–Crippen LogP) is 7.82. The number of hydrogen-bond acceptors (Lipinski definition) is 3. The predicted molar refractivity (Wildman–Crippen MR) is 158 cm³/mol. The average molecular weight is 571 g/mol. The van der Waals surface area contributed by atoms with Crippen LogP contribution in [-0.4, -0.2) is 20.5 Å². The van der Waals surface area contributed by atoms with Crippen molar-refractivity contribution in [3.63, 3.8) is 0 Å². The fourth-order valence-electron chi connectivity index (χ4n) is 4.87. The van der Waals surface area contributed by atoms with Gasteiger partial charge in [-0.3, -0.25) is 9.36 Å². The van der Waals surface area contributed by atoms with Gasteiger partial charge in [-0.15, -0.1) is 0 Å². The van der Waals surface area contributed by atoms with Gasteiger partial charge in [-0.1, -0.05) is 60.7 Å². The number of nitrogens with one attached hydrogen (secondary N) is 1. The summed E-state index contributed by atoms with van der Waals surface area (Å²) in [7, 11) is 0. The molecule has 42 heavy (non-hydrogen) atoms. The van der Waals surface area contributed by atoms with Crippen LogP contribution >= 0.6 is 0 Å². The van der Waals surface area contributed by atoms with Gasteiger partial charge in [-0.25, -0.2) is 9.78 Å². The summed E-state index contributed by atoms with van der Waals surface area (Å²) < 4.78 is 42.7. The number of urea groups is 1. The van der Waals surface area contributed by atoms with Crippen LogP contribution in [0.4, 0.5) is 23.7 Å². The summed E-state index contributed by atoms with van der Waals surface area (Å²) in [6.07, 6.45) is -4.66. The van der Waals surface area contributed by atoms with Crippen molar-refractivity contribution in [3.8, 4) is 5.69 Å². The molecule has 0 aliphatic carbocycles. The van der Waals surface area contributed by atoms with Crippen LogP contribution in [-0.2, 0) is 12.7 Å². The van der Waals surface area contributed by atoms with Crippen LogP contribution in [0.2, 0.25) is 0 Å². The van der Waals surface area contributed by atoms with Gasteiger partial charge < -0.3 is 10.2 Å². The number of hydrogen-bond donors (Lipinski definition) is 1. The van der Waals surface area contributed by atoms with Crippen molar-refractivity contribution in [1.29, 1.82) is 0 Å². The molecule has 0 saturated heterocycles. The number of para-hydroxylation sites is 2. The lowest BCUT2D eigenvalue weighted by molar-refractivity contribution is -0.136. The summed E-state index contributed by atoms with van der Waals surface area (Å²) in [5.41, 5.74) is 2.16. The largest absolute Gasteiger partial charge is 0.418 e. The maximum absolute atomic E-state index is 13.9. The van der Waals surface area contributed by atoms with E-state index in [1.54, 1.807) is 31.2 Å². The third-order valence-corrected chi connectivity index (χ3v) is 7.32. The molecule has 1 unspecified atom stereocenters. The van der Waals surface area contributed by atoms with Crippen molar-refractivity contribution in [2.75, 3.05) is 5.32 Å². The van der Waals surface area contributed by atoms with E-state index in [0.29, 0.717) is 16.6 Å². The molecule has 0 fully saturated rings. The smallest absolute Gasteiger partial charge is 0.310 e. The monoisotopic (exact) mass is 570 g/mol. The van der Waals surface area contributed by atoms with E-state index in [1.165, 1.54) is 27.7 Å². The number of aromatic nitrogens is 2. The van der Waals surface area contributed by atoms with Crippen LogP contribution in [0.1, 0.15) is 41.0 Å². The number of amides is 2. The molecule has 214 valence electrons. The van der Waals surface area contributed by atoms with Gasteiger partial charge in [0.15, 0.2) is 0 Å². The first-order chi connectivity index (χ1) is 20.0. The van der Waals surface area contributed by atoms with Crippen molar-refractivity contribution in [2.45, 2.75) is 39.5 Å². The van der Waals surface area contributed by atoms with E-state index in [9.17, 15) is 22.8 Å². The highest BCUT2D eigenvalue weighted by Gasteiger charge is 2.35. The third-order valence-electron chi connectivity index (χ3n) is 7.32. The SMILES string of the molecule is Cc1ccc(-n2c(C(C)N(Cc3ccccc3)C(=O)Nc3ccccc3C(F)(F)F)nc3ccccc3c2=O)cc1C. The minimum absolute atomic E-state index is 0.0532. The molecule has 0 aliphatic rings. The number of rotatable bonds is 6. The number of carbonyl (C=O) groups is 1. The Labute approximate surface area is 241 Å². The Bertz CT molecular complexity index is 1820. The highest BCUT2D eigenvalue weighted by atomic mass is 19.4. The van der Waals surface area contributed by atoms with E-state index in [2.05, 4.69) is 5.32 Å². The number of nitrogens with zero attached hydrogens (tertiary/aromatic N) is 3. The molecule has 2 amide bonds. The van der Waals surface area contributed by atoms with Crippen molar-refractivity contribution in [2.24, 2.45) is 0 Å². The lowest BCUT2D eigenvalue weighted by atomic mass is 10.1. The fraction of sp³-hybridized carbons (Fsp3) is 0.182. The summed E-state index contributed by atoms with van der Waals surface area (Å²) in [6.45, 7) is 5.67. The molecule has 0 radical (unpaired) electrons. The Balaban J connectivity index is 1.66. The van der Waals surface area contributed by atoms with E-state index in [1.807, 2.05) is 62.4 Å². The molecular weight excluding hydrogens is 541 g/mol. The van der Waals surface area contributed by atoms with Gasteiger partial charge in [0, 0.05) is 6.54 Å². The maximum atomic E-state index is 13.9. The van der Waals surface area contributed by atoms with Crippen LogP contribution < -0.4 is 10.9 Å². The normalized spacial score (nSPS) is 12.2. The van der Waals surface area contributed by atoms with Gasteiger partial charge in [0.05, 0.1) is 33.9 Å². The average Bonchev–Trinajstić information content (AvgIpc) is 2.97. The zero-order chi connectivity index (χ0) is 30.0. The molecule has 6 nitrogen and oxygen atoms in total. The van der Waals surface area contributed by atoms with Gasteiger partial charge in [-0.05, 0) is 73.9 Å². The van der Waals surface area contributed by atoms with Gasteiger partial charge >= 0.3 is 12.2 Å². The van der Waals surface area contributed by atoms with Crippen LogP contribution in [0.3, 0.4) is 0 Å². The van der Waals surface area contributed by atoms with Crippen LogP contribution in [0.5, 0.6) is 0 Å². The zero-order valence-electron chi connectivity index (χ0n) is 23.3. The molecule has 9 heteroatoms. The van der Waals surface area contributed by atoms with Crippen molar-refractivity contribution >= 4 is 22.6 Å². The van der Waals surface area contributed by atoms with Gasteiger partial charge in [-0.2, -0.15) is 13.2 Å². The van der Waals surface area contributed by atoms with E-state index in [-0.39, 0.29) is 23.6 Å². The van der Waals surface area contributed by atoms with Gasteiger partial charge in [0.1, 0.15) is 5.82 Å². The Morgan fingerprint density at radius 3 is 2.29 bits per heavy atom. The molecule has 1 heterocycles. The molecule has 1 aromatic heterocycles. The molecule has 0 aliphatic heterocycles. The number of fused-ring (bicyclic) bond motifs is 1. The molecule has 1 atom stereocenters. The number of halogens is 3. The second kappa shape index (κ2) is 11.5. The molecule has 4 aromatic carbocycles. The standard InChI is InChI=1S/C33H29F3N4O2/c1-21-17-18-25(19-22(21)2)40-30(37-28-15-9-7-13-26(28)31(40)41)23(3)39(20-24-11-5-4-6-12-24)32(42)38-29-16-10-8-14-27(29)33(34,35)36/h4-19,23H,20H2,1-3H3,(H,38,42). The highest BCUT2D eigenvalue weighted by Crippen LogP contribution is 2.35. The highest BCUT2D eigenvalue weighted by molar-refractivity contribution is 5.90. The number of anilines is 1. The number of aryl methyl sites for hydroxylation is 2. The Morgan fingerprint density at radius 1 is 0.905 bits per heavy atom. The molecule has 5 rings (SSSR count). The fourth-order valence-corrected chi connectivity index (χ4v) is 4.87. The number of alkyl halides is 3. The summed E-state index contributed by atoms with van der Waals surface area (Å²) in [5, 5.41) is 2.87. The summed E-state index contributed by atoms with van der Waals surface area (Å²) in [5.74, 6) is 0.275. The lowest BCUT2D eigenvalue weighted by Crippen LogP contribution is -2.39. The number of carbonyl (C=O) groups excluding carboxylic acids is 1. The summed E-state index contributed by atoms with van der Waals surface area (Å²) in [4.78, 5) is 34.0. The van der Waals surface area contributed by atoms with E-state index in [0.717, 1.165) is 22.8 Å². The van der Waals surface area contributed by atoms with Crippen LogP contribution in [0.25, 0.3) is 16.6 Å². The molecule has 0 saturated carbocycles. The Hall–Kier alpha value is -4.92. The summed E-state index contributed by atoms with van der Waals surface area (Å²) >= 11 is 0. The second-order valence-corrected chi connectivity index (χ2v) is 10.2. The van der Waals surface area contributed by atoms with E-state index in [4.69, 9.17) is 4.98 Å². The zero-order valence-corrected chi connectivity index (χ0v) is 23.3. The van der Waals surface area contributed by atoms with Crippen LogP contribution in [0.15, 0.2) is 102 Å². The third kappa shape index (κ3) is 5.76. The minimum Gasteiger partial charge on any atom is -0.310 e. The minimum atomic E-state index is -4.66. The van der Waals surface area contributed by atoms with Crippen molar-refractivity contribution in [1.82, 2.24) is 14.5 Å².